The van der Waals surface area contributed by atoms with Crippen molar-refractivity contribution in [2.24, 2.45) is 0 Å². The second kappa shape index (κ2) is 4.70. The van der Waals surface area contributed by atoms with E-state index in [9.17, 15) is 9.59 Å². The Labute approximate surface area is 126 Å². The number of carbonyl (C=O) groups excluding carboxylic acids is 2. The summed E-state index contributed by atoms with van der Waals surface area (Å²) in [5.41, 5.74) is 1.58. The number of ketones is 1. The molecule has 2 aromatic rings. The van der Waals surface area contributed by atoms with E-state index in [-0.39, 0.29) is 11.7 Å². The van der Waals surface area contributed by atoms with Gasteiger partial charge in [-0.1, -0.05) is 0 Å². The first-order valence-electron chi connectivity index (χ1n) is 6.57. The zero-order valence-corrected chi connectivity index (χ0v) is 12.8. The smallest absolute Gasteiger partial charge is 0.234 e. The van der Waals surface area contributed by atoms with Crippen LogP contribution in [0, 0.1) is 0 Å². The lowest BCUT2D eigenvalue weighted by atomic mass is 9.85. The number of carbonyl (C=O) groups is 2. The summed E-state index contributed by atoms with van der Waals surface area (Å²) < 4.78 is 5.20. The Hall–Kier alpha value is -2.14. The third kappa shape index (κ3) is 2.05. The minimum Gasteiger partial charge on any atom is -0.495 e. The first kappa shape index (κ1) is 13.8. The van der Waals surface area contributed by atoms with Gasteiger partial charge in [0, 0.05) is 11.3 Å². The zero-order valence-electron chi connectivity index (χ0n) is 12.0. The fourth-order valence-electron chi connectivity index (χ4n) is 2.47. The van der Waals surface area contributed by atoms with Crippen LogP contribution in [0.3, 0.4) is 0 Å². The van der Waals surface area contributed by atoms with Gasteiger partial charge in [0.25, 0.3) is 0 Å². The van der Waals surface area contributed by atoms with E-state index in [1.54, 1.807) is 31.4 Å². The number of amides is 1. The number of benzene rings is 1. The molecule has 1 aliphatic rings. The molecule has 2 heterocycles. The minimum atomic E-state index is -0.620. The average molecular weight is 301 g/mol. The molecule has 1 aromatic carbocycles. The number of rotatable bonds is 3. The average Bonchev–Trinajstić information content (AvgIpc) is 3.02. The van der Waals surface area contributed by atoms with Gasteiger partial charge >= 0.3 is 0 Å². The number of methoxy groups -OCH3 is 1. The van der Waals surface area contributed by atoms with Crippen LogP contribution < -0.4 is 10.1 Å². The third-order valence-electron chi connectivity index (χ3n) is 3.83. The minimum absolute atomic E-state index is 0.0456. The van der Waals surface area contributed by atoms with Gasteiger partial charge in [-0.25, -0.2) is 0 Å². The fourth-order valence-corrected chi connectivity index (χ4v) is 3.29. The van der Waals surface area contributed by atoms with Crippen LogP contribution in [-0.4, -0.2) is 18.8 Å². The summed E-state index contributed by atoms with van der Waals surface area (Å²) in [6, 6.07) is 7.10. The highest BCUT2D eigenvalue weighted by molar-refractivity contribution is 7.12. The van der Waals surface area contributed by atoms with Gasteiger partial charge in [-0.15, -0.1) is 11.3 Å². The van der Waals surface area contributed by atoms with Crippen molar-refractivity contribution in [1.29, 1.82) is 0 Å². The summed E-state index contributed by atoms with van der Waals surface area (Å²) in [4.78, 5) is 25.1. The number of hydrogen-bond acceptors (Lipinski definition) is 4. The van der Waals surface area contributed by atoms with Crippen molar-refractivity contribution in [3.8, 4) is 5.75 Å². The van der Waals surface area contributed by atoms with Crippen molar-refractivity contribution >= 4 is 28.7 Å². The number of thiophene rings is 1. The molecule has 0 spiro atoms. The van der Waals surface area contributed by atoms with Crippen molar-refractivity contribution in [2.45, 2.75) is 19.3 Å². The number of fused-ring (bicyclic) bond motifs is 1. The van der Waals surface area contributed by atoms with Crippen molar-refractivity contribution < 1.29 is 14.3 Å². The van der Waals surface area contributed by atoms with Gasteiger partial charge in [0.05, 0.1) is 12.5 Å². The summed E-state index contributed by atoms with van der Waals surface area (Å²) in [5, 5.41) is 4.67. The molecule has 0 fully saturated rings. The van der Waals surface area contributed by atoms with Crippen LogP contribution in [0.4, 0.5) is 5.69 Å². The predicted octanol–water partition coefficient (Wildman–Crippen LogP) is 3.22. The Morgan fingerprint density at radius 3 is 2.76 bits per heavy atom. The van der Waals surface area contributed by atoms with E-state index in [1.165, 1.54) is 11.3 Å². The Balaban J connectivity index is 2.05. The van der Waals surface area contributed by atoms with Gasteiger partial charge < -0.3 is 10.1 Å². The molecule has 1 amide bonds. The van der Waals surface area contributed by atoms with Gasteiger partial charge in [-0.05, 0) is 49.1 Å². The Morgan fingerprint density at radius 2 is 2.05 bits per heavy atom. The van der Waals surface area contributed by atoms with E-state index in [0.717, 1.165) is 11.3 Å². The SMILES string of the molecule is COc1ccsc1C(=O)c1ccc2c(c1)C(C)(C)C(=O)N2. The van der Waals surface area contributed by atoms with Crippen LogP contribution >= 0.6 is 11.3 Å². The monoisotopic (exact) mass is 301 g/mol. The van der Waals surface area contributed by atoms with Crippen LogP contribution in [0.15, 0.2) is 29.6 Å². The van der Waals surface area contributed by atoms with Gasteiger partial charge in [-0.2, -0.15) is 0 Å². The maximum absolute atomic E-state index is 12.6. The first-order valence-corrected chi connectivity index (χ1v) is 7.45. The summed E-state index contributed by atoms with van der Waals surface area (Å²) >= 11 is 1.35. The highest BCUT2D eigenvalue weighted by atomic mass is 32.1. The Bertz CT molecular complexity index is 746. The number of hydrogen-bond donors (Lipinski definition) is 1. The highest BCUT2D eigenvalue weighted by Gasteiger charge is 2.38. The summed E-state index contributed by atoms with van der Waals surface area (Å²) in [6.45, 7) is 3.71. The van der Waals surface area contributed by atoms with Crippen molar-refractivity contribution in [2.75, 3.05) is 12.4 Å². The van der Waals surface area contributed by atoms with Crippen molar-refractivity contribution in [3.63, 3.8) is 0 Å². The lowest BCUT2D eigenvalue weighted by Gasteiger charge is -2.15. The molecule has 0 saturated heterocycles. The van der Waals surface area contributed by atoms with Gasteiger partial charge in [0.1, 0.15) is 10.6 Å². The van der Waals surface area contributed by atoms with E-state index in [2.05, 4.69) is 5.32 Å². The normalized spacial score (nSPS) is 15.5. The molecule has 4 nitrogen and oxygen atoms in total. The molecule has 3 rings (SSSR count). The molecule has 1 aliphatic heterocycles. The molecule has 1 aromatic heterocycles. The molecule has 0 radical (unpaired) electrons. The summed E-state index contributed by atoms with van der Waals surface area (Å²) in [5.74, 6) is 0.453. The molecule has 1 N–H and O–H groups in total. The third-order valence-corrected chi connectivity index (χ3v) is 4.72. The summed E-state index contributed by atoms with van der Waals surface area (Å²) in [6.07, 6.45) is 0. The lowest BCUT2D eigenvalue weighted by molar-refractivity contribution is -0.119. The van der Waals surface area contributed by atoms with Gasteiger partial charge in [-0.3, -0.25) is 9.59 Å². The molecule has 5 heteroatoms. The molecule has 0 saturated carbocycles. The number of nitrogens with one attached hydrogen (secondary N) is 1. The molecular weight excluding hydrogens is 286 g/mol. The number of anilines is 1. The summed E-state index contributed by atoms with van der Waals surface area (Å²) in [7, 11) is 1.55. The van der Waals surface area contributed by atoms with E-state index in [1.807, 2.05) is 19.2 Å². The zero-order chi connectivity index (χ0) is 15.2. The van der Waals surface area contributed by atoms with Gasteiger partial charge in [0.2, 0.25) is 11.7 Å². The predicted molar refractivity (Wildman–Crippen MR) is 82.4 cm³/mol. The largest absolute Gasteiger partial charge is 0.495 e. The Kier molecular flexibility index (Phi) is 3.10. The molecular formula is C16H15NO3S. The van der Waals surface area contributed by atoms with Crippen LogP contribution in [0.1, 0.15) is 34.6 Å². The number of ether oxygens (including phenoxy) is 1. The van der Waals surface area contributed by atoms with E-state index >= 15 is 0 Å². The molecule has 0 atom stereocenters. The molecule has 108 valence electrons. The lowest BCUT2D eigenvalue weighted by Crippen LogP contribution is -2.27. The maximum atomic E-state index is 12.6. The molecule has 0 bridgehead atoms. The van der Waals surface area contributed by atoms with E-state index in [4.69, 9.17) is 4.74 Å². The fraction of sp³-hybridized carbons (Fsp3) is 0.250. The Morgan fingerprint density at radius 1 is 1.29 bits per heavy atom. The van der Waals surface area contributed by atoms with Crippen LogP contribution in [0.25, 0.3) is 0 Å². The van der Waals surface area contributed by atoms with Crippen LogP contribution in [0.5, 0.6) is 5.75 Å². The second-order valence-corrected chi connectivity index (χ2v) is 6.40. The highest BCUT2D eigenvalue weighted by Crippen LogP contribution is 2.38. The van der Waals surface area contributed by atoms with Crippen LogP contribution in [0.2, 0.25) is 0 Å². The maximum Gasteiger partial charge on any atom is 0.234 e. The first-order chi connectivity index (χ1) is 9.95. The second-order valence-electron chi connectivity index (χ2n) is 5.49. The molecule has 0 aliphatic carbocycles. The van der Waals surface area contributed by atoms with E-state index in [0.29, 0.717) is 16.2 Å². The van der Waals surface area contributed by atoms with Crippen LogP contribution in [-0.2, 0) is 10.2 Å². The quantitative estimate of drug-likeness (QED) is 0.886. The topological polar surface area (TPSA) is 55.4 Å². The van der Waals surface area contributed by atoms with Crippen molar-refractivity contribution in [1.82, 2.24) is 0 Å². The van der Waals surface area contributed by atoms with E-state index < -0.39 is 5.41 Å². The van der Waals surface area contributed by atoms with Gasteiger partial charge in [0.15, 0.2) is 0 Å². The standard InChI is InChI=1S/C16H15NO3S/c1-16(2)10-8-9(4-5-11(10)17-15(16)19)13(18)14-12(20-3)6-7-21-14/h4-8H,1-3H3,(H,17,19). The molecule has 21 heavy (non-hydrogen) atoms. The van der Waals surface area contributed by atoms with Crippen molar-refractivity contribution in [3.05, 3.63) is 45.6 Å². The molecule has 0 unspecified atom stereocenters.